The molecule has 1 heterocycles. The summed E-state index contributed by atoms with van der Waals surface area (Å²) >= 11 is 0. The molecule has 0 N–H and O–H groups in total. The Morgan fingerprint density at radius 3 is 2.65 bits per heavy atom. The van der Waals surface area contributed by atoms with Gasteiger partial charge in [-0.25, -0.2) is 4.79 Å². The first kappa shape index (κ1) is 12.5. The number of carbonyl (C=O) groups is 1. The van der Waals surface area contributed by atoms with Gasteiger partial charge in [-0.2, -0.15) is 0 Å². The van der Waals surface area contributed by atoms with E-state index in [1.165, 1.54) is 0 Å². The van der Waals surface area contributed by atoms with E-state index in [2.05, 4.69) is 0 Å². The number of methoxy groups -OCH3 is 1. The number of hydrogen-bond donors (Lipinski definition) is 0. The predicted octanol–water partition coefficient (Wildman–Crippen LogP) is 2.99. The van der Waals surface area contributed by atoms with E-state index in [1.54, 1.807) is 31.4 Å². The van der Waals surface area contributed by atoms with Gasteiger partial charge in [-0.1, -0.05) is 18.2 Å². The maximum atomic E-state index is 12.1. The molecule has 1 aliphatic rings. The quantitative estimate of drug-likeness (QED) is 0.804. The number of benzene rings is 2. The highest BCUT2D eigenvalue weighted by Crippen LogP contribution is 2.34. The summed E-state index contributed by atoms with van der Waals surface area (Å²) in [6.45, 7) is 0.362. The van der Waals surface area contributed by atoms with E-state index in [1.807, 2.05) is 24.3 Å². The van der Waals surface area contributed by atoms with E-state index in [-0.39, 0.29) is 12.1 Å². The minimum Gasteiger partial charge on any atom is -0.497 e. The third-order valence-electron chi connectivity index (χ3n) is 3.23. The number of hydrogen-bond acceptors (Lipinski definition) is 4. The van der Waals surface area contributed by atoms with Crippen molar-refractivity contribution < 1.29 is 19.0 Å². The minimum atomic E-state index is -0.363. The van der Waals surface area contributed by atoms with Crippen molar-refractivity contribution in [2.24, 2.45) is 0 Å². The summed E-state index contributed by atoms with van der Waals surface area (Å²) in [6, 6.07) is 14.4. The summed E-state index contributed by atoms with van der Waals surface area (Å²) in [5.41, 5.74) is 1.41. The first-order valence-electron chi connectivity index (χ1n) is 6.34. The van der Waals surface area contributed by atoms with E-state index < -0.39 is 0 Å². The fourth-order valence-electron chi connectivity index (χ4n) is 2.16. The molecule has 102 valence electrons. The standard InChI is InChI=1S/C16H14O4/c1-18-12-8-6-11(7-9-12)16(17)20-15-10-19-14-5-3-2-4-13(14)15/h2-9,15H,10H2,1H3. The van der Waals surface area contributed by atoms with Crippen molar-refractivity contribution in [3.63, 3.8) is 0 Å². The lowest BCUT2D eigenvalue weighted by Crippen LogP contribution is -2.12. The molecule has 2 aromatic rings. The van der Waals surface area contributed by atoms with Gasteiger partial charge in [0.15, 0.2) is 6.10 Å². The van der Waals surface area contributed by atoms with Crippen molar-refractivity contribution in [3.8, 4) is 11.5 Å². The van der Waals surface area contributed by atoms with E-state index in [4.69, 9.17) is 14.2 Å². The SMILES string of the molecule is COc1ccc(C(=O)OC2COc3ccccc32)cc1. The lowest BCUT2D eigenvalue weighted by atomic mass is 10.1. The third-order valence-corrected chi connectivity index (χ3v) is 3.23. The van der Waals surface area contributed by atoms with Gasteiger partial charge >= 0.3 is 5.97 Å². The highest BCUT2D eigenvalue weighted by molar-refractivity contribution is 5.89. The number of esters is 1. The second-order valence-electron chi connectivity index (χ2n) is 4.47. The molecule has 0 aliphatic carbocycles. The summed E-state index contributed by atoms with van der Waals surface area (Å²) in [4.78, 5) is 12.1. The fourth-order valence-corrected chi connectivity index (χ4v) is 2.16. The molecule has 0 radical (unpaired) electrons. The van der Waals surface area contributed by atoms with Crippen LogP contribution in [0.4, 0.5) is 0 Å². The van der Waals surface area contributed by atoms with Crippen LogP contribution in [0, 0.1) is 0 Å². The van der Waals surface area contributed by atoms with E-state index in [9.17, 15) is 4.79 Å². The highest BCUT2D eigenvalue weighted by atomic mass is 16.6. The second-order valence-corrected chi connectivity index (χ2v) is 4.47. The van der Waals surface area contributed by atoms with Crippen LogP contribution in [0.25, 0.3) is 0 Å². The number of rotatable bonds is 3. The summed E-state index contributed by atoms with van der Waals surface area (Å²) in [6.07, 6.45) is -0.346. The van der Waals surface area contributed by atoms with Crippen molar-refractivity contribution in [2.75, 3.05) is 13.7 Å². The van der Waals surface area contributed by atoms with Crippen LogP contribution in [0.15, 0.2) is 48.5 Å². The first-order chi connectivity index (χ1) is 9.78. The largest absolute Gasteiger partial charge is 0.497 e. The highest BCUT2D eigenvalue weighted by Gasteiger charge is 2.27. The molecule has 4 nitrogen and oxygen atoms in total. The van der Waals surface area contributed by atoms with Gasteiger partial charge in [0.25, 0.3) is 0 Å². The summed E-state index contributed by atoms with van der Waals surface area (Å²) < 4.78 is 16.0. The van der Waals surface area contributed by atoms with E-state index in [0.29, 0.717) is 17.9 Å². The fraction of sp³-hybridized carbons (Fsp3) is 0.188. The Morgan fingerprint density at radius 2 is 1.90 bits per heavy atom. The molecule has 0 spiro atoms. The average Bonchev–Trinajstić information content (AvgIpc) is 2.91. The molecule has 0 bridgehead atoms. The predicted molar refractivity (Wildman–Crippen MR) is 73.1 cm³/mol. The van der Waals surface area contributed by atoms with Gasteiger partial charge in [0.05, 0.1) is 12.7 Å². The smallest absolute Gasteiger partial charge is 0.338 e. The number of carbonyl (C=O) groups excluding carboxylic acids is 1. The lowest BCUT2D eigenvalue weighted by molar-refractivity contribution is 0.0248. The molecular weight excluding hydrogens is 256 g/mol. The zero-order valence-corrected chi connectivity index (χ0v) is 11.0. The van der Waals surface area contributed by atoms with Crippen molar-refractivity contribution >= 4 is 5.97 Å². The Morgan fingerprint density at radius 1 is 1.15 bits per heavy atom. The number of fused-ring (bicyclic) bond motifs is 1. The molecule has 0 aromatic heterocycles. The molecule has 1 aliphatic heterocycles. The third kappa shape index (κ3) is 2.32. The van der Waals surface area contributed by atoms with Crippen LogP contribution >= 0.6 is 0 Å². The number of ether oxygens (including phenoxy) is 3. The second kappa shape index (κ2) is 5.25. The Hall–Kier alpha value is -2.49. The molecule has 0 saturated carbocycles. The van der Waals surface area contributed by atoms with Crippen LogP contribution in [0.5, 0.6) is 11.5 Å². The van der Waals surface area contributed by atoms with Crippen LogP contribution < -0.4 is 9.47 Å². The van der Waals surface area contributed by atoms with Gasteiger partial charge < -0.3 is 14.2 Å². The summed E-state index contributed by atoms with van der Waals surface area (Å²) in [5, 5.41) is 0. The lowest BCUT2D eigenvalue weighted by Gasteiger charge is -2.11. The van der Waals surface area contributed by atoms with Crippen molar-refractivity contribution in [2.45, 2.75) is 6.10 Å². The molecule has 0 amide bonds. The molecule has 4 heteroatoms. The molecule has 20 heavy (non-hydrogen) atoms. The van der Waals surface area contributed by atoms with Crippen LogP contribution in [0.3, 0.4) is 0 Å². The summed E-state index contributed by atoms with van der Waals surface area (Å²) in [5.74, 6) is 1.12. The number of para-hydroxylation sites is 1. The van der Waals surface area contributed by atoms with Gasteiger partial charge in [0.2, 0.25) is 0 Å². The van der Waals surface area contributed by atoms with E-state index >= 15 is 0 Å². The Kier molecular flexibility index (Phi) is 3.29. The van der Waals surface area contributed by atoms with Crippen molar-refractivity contribution in [3.05, 3.63) is 59.7 Å². The monoisotopic (exact) mass is 270 g/mol. The molecule has 0 fully saturated rings. The van der Waals surface area contributed by atoms with E-state index in [0.717, 1.165) is 11.3 Å². The molecular formula is C16H14O4. The average molecular weight is 270 g/mol. The normalized spacial score (nSPS) is 16.1. The van der Waals surface area contributed by atoms with Gasteiger partial charge in [0, 0.05) is 5.56 Å². The zero-order chi connectivity index (χ0) is 13.9. The Balaban J connectivity index is 1.73. The molecule has 3 rings (SSSR count). The van der Waals surface area contributed by atoms with Crippen molar-refractivity contribution in [1.82, 2.24) is 0 Å². The van der Waals surface area contributed by atoms with Gasteiger partial charge in [0.1, 0.15) is 18.1 Å². The molecule has 0 saturated heterocycles. The Bertz CT molecular complexity index is 619. The van der Waals surface area contributed by atoms with Crippen molar-refractivity contribution in [1.29, 1.82) is 0 Å². The Labute approximate surface area is 116 Å². The van der Waals surface area contributed by atoms with Crippen LogP contribution in [-0.4, -0.2) is 19.7 Å². The minimum absolute atomic E-state index is 0.346. The summed E-state index contributed by atoms with van der Waals surface area (Å²) in [7, 11) is 1.58. The van der Waals surface area contributed by atoms with Crippen LogP contribution in [-0.2, 0) is 4.74 Å². The van der Waals surface area contributed by atoms with Gasteiger partial charge in [-0.15, -0.1) is 0 Å². The molecule has 1 atom stereocenters. The first-order valence-corrected chi connectivity index (χ1v) is 6.34. The van der Waals surface area contributed by atoms with Gasteiger partial charge in [-0.05, 0) is 30.3 Å². The maximum absolute atomic E-state index is 12.1. The molecule has 1 unspecified atom stereocenters. The molecule has 2 aromatic carbocycles. The van der Waals surface area contributed by atoms with Gasteiger partial charge in [-0.3, -0.25) is 0 Å². The van der Waals surface area contributed by atoms with Crippen LogP contribution in [0.1, 0.15) is 22.0 Å². The van der Waals surface area contributed by atoms with Crippen LogP contribution in [0.2, 0.25) is 0 Å². The zero-order valence-electron chi connectivity index (χ0n) is 11.0. The topological polar surface area (TPSA) is 44.8 Å². The maximum Gasteiger partial charge on any atom is 0.338 e.